The minimum atomic E-state index is -0.191. The molecule has 0 aliphatic heterocycles. The highest BCUT2D eigenvalue weighted by molar-refractivity contribution is 6.30. The molecule has 2 N–H and O–H groups in total. The normalized spacial score (nSPS) is 10.8. The molecule has 0 saturated carbocycles. The van der Waals surface area contributed by atoms with E-state index in [0.717, 1.165) is 11.3 Å². The molecule has 8 nitrogen and oxygen atoms in total. The lowest BCUT2D eigenvalue weighted by molar-refractivity contribution is 0.0954. The maximum Gasteiger partial charge on any atom is 0.251 e. The van der Waals surface area contributed by atoms with Crippen LogP contribution in [0.1, 0.15) is 21.7 Å². The number of rotatable bonds is 8. The van der Waals surface area contributed by atoms with Gasteiger partial charge in [0.25, 0.3) is 5.91 Å². The minimum absolute atomic E-state index is 0.191. The standard InChI is InChI=1S/C22H21ClN6O2/c1-31-18-8-3-2-5-16(18)14-25-19-9-10-20-26-27-21(29(20)28-19)11-12-24-22(30)15-6-4-7-17(23)13-15/h2-10,13H,11-12,14H2,1H3,(H,24,30)(H,25,28). The van der Waals surface area contributed by atoms with E-state index in [1.165, 1.54) is 0 Å². The molecule has 2 heterocycles. The molecule has 0 radical (unpaired) electrons. The van der Waals surface area contributed by atoms with E-state index in [4.69, 9.17) is 16.3 Å². The summed E-state index contributed by atoms with van der Waals surface area (Å²) in [6.45, 7) is 0.961. The lowest BCUT2D eigenvalue weighted by Gasteiger charge is -2.10. The molecule has 0 atom stereocenters. The van der Waals surface area contributed by atoms with Gasteiger partial charge in [-0.15, -0.1) is 15.3 Å². The summed E-state index contributed by atoms with van der Waals surface area (Å²) in [7, 11) is 1.65. The molecule has 0 aliphatic rings. The molecular weight excluding hydrogens is 416 g/mol. The van der Waals surface area contributed by atoms with Crippen molar-refractivity contribution in [3.8, 4) is 5.75 Å². The van der Waals surface area contributed by atoms with E-state index in [2.05, 4.69) is 25.9 Å². The number of nitrogens with zero attached hydrogens (tertiary/aromatic N) is 4. The van der Waals surface area contributed by atoms with Gasteiger partial charge in [-0.05, 0) is 36.4 Å². The van der Waals surface area contributed by atoms with Crippen molar-refractivity contribution in [2.75, 3.05) is 19.0 Å². The Morgan fingerprint density at radius 3 is 2.81 bits per heavy atom. The summed E-state index contributed by atoms with van der Waals surface area (Å²) in [4.78, 5) is 12.3. The van der Waals surface area contributed by atoms with Gasteiger partial charge in [0.15, 0.2) is 11.5 Å². The number of ether oxygens (including phenoxy) is 1. The predicted molar refractivity (Wildman–Crippen MR) is 119 cm³/mol. The monoisotopic (exact) mass is 436 g/mol. The summed E-state index contributed by atoms with van der Waals surface area (Å²) in [5, 5.41) is 19.6. The lowest BCUT2D eigenvalue weighted by Crippen LogP contribution is -2.26. The molecule has 2 aromatic carbocycles. The first-order valence-electron chi connectivity index (χ1n) is 9.75. The zero-order valence-electron chi connectivity index (χ0n) is 16.9. The van der Waals surface area contributed by atoms with Crippen LogP contribution in [0.2, 0.25) is 5.02 Å². The average Bonchev–Trinajstić information content (AvgIpc) is 3.20. The highest BCUT2D eigenvalue weighted by Crippen LogP contribution is 2.18. The van der Waals surface area contributed by atoms with Crippen molar-refractivity contribution in [1.29, 1.82) is 0 Å². The Kier molecular flexibility index (Phi) is 6.28. The predicted octanol–water partition coefficient (Wildman–Crippen LogP) is 3.37. The molecule has 0 aliphatic carbocycles. The number of hydrogen-bond acceptors (Lipinski definition) is 6. The van der Waals surface area contributed by atoms with Crippen LogP contribution in [-0.2, 0) is 13.0 Å². The molecule has 2 aromatic heterocycles. The third kappa shape index (κ3) is 4.92. The van der Waals surface area contributed by atoms with Gasteiger partial charge in [-0.3, -0.25) is 4.79 Å². The molecule has 9 heteroatoms. The number of carbonyl (C=O) groups excluding carboxylic acids is 1. The topological polar surface area (TPSA) is 93.4 Å². The van der Waals surface area contributed by atoms with Gasteiger partial charge in [0.05, 0.1) is 7.11 Å². The molecular formula is C22H21ClN6O2. The molecule has 0 saturated heterocycles. The third-order valence-electron chi connectivity index (χ3n) is 4.70. The van der Waals surface area contributed by atoms with E-state index in [-0.39, 0.29) is 5.91 Å². The van der Waals surface area contributed by atoms with Crippen LogP contribution >= 0.6 is 11.6 Å². The molecule has 4 rings (SSSR count). The summed E-state index contributed by atoms with van der Waals surface area (Å²) >= 11 is 5.94. The van der Waals surface area contributed by atoms with E-state index in [0.29, 0.717) is 47.4 Å². The fraction of sp³-hybridized carbons (Fsp3) is 0.182. The Morgan fingerprint density at radius 2 is 1.97 bits per heavy atom. The Labute approximate surface area is 184 Å². The second-order valence-corrected chi connectivity index (χ2v) is 7.22. The van der Waals surface area contributed by atoms with Crippen LogP contribution in [0.5, 0.6) is 5.75 Å². The maximum absolute atomic E-state index is 12.3. The van der Waals surface area contributed by atoms with Gasteiger partial charge in [-0.25, -0.2) is 0 Å². The average molecular weight is 437 g/mol. The Bertz CT molecular complexity index is 1210. The molecule has 0 spiro atoms. The summed E-state index contributed by atoms with van der Waals surface area (Å²) < 4.78 is 7.06. The number of nitrogens with one attached hydrogen (secondary N) is 2. The Balaban J connectivity index is 1.40. The van der Waals surface area contributed by atoms with Crippen LogP contribution in [0.15, 0.2) is 60.7 Å². The zero-order chi connectivity index (χ0) is 21.6. The largest absolute Gasteiger partial charge is 0.496 e. The van der Waals surface area contributed by atoms with Crippen molar-refractivity contribution >= 4 is 29.0 Å². The summed E-state index contributed by atoms with van der Waals surface area (Å²) in [6, 6.07) is 18.3. The van der Waals surface area contributed by atoms with Crippen LogP contribution in [0, 0.1) is 0 Å². The van der Waals surface area contributed by atoms with E-state index in [9.17, 15) is 4.79 Å². The van der Waals surface area contributed by atoms with Crippen molar-refractivity contribution < 1.29 is 9.53 Å². The van der Waals surface area contributed by atoms with E-state index in [1.807, 2.05) is 36.4 Å². The van der Waals surface area contributed by atoms with Crippen LogP contribution in [0.4, 0.5) is 5.82 Å². The molecule has 158 valence electrons. The molecule has 0 bridgehead atoms. The number of benzene rings is 2. The molecule has 0 unspecified atom stereocenters. The quantitative estimate of drug-likeness (QED) is 0.440. The van der Waals surface area contributed by atoms with Crippen molar-refractivity contribution in [1.82, 2.24) is 25.1 Å². The minimum Gasteiger partial charge on any atom is -0.496 e. The second-order valence-electron chi connectivity index (χ2n) is 6.79. The van der Waals surface area contributed by atoms with Crippen molar-refractivity contribution in [2.24, 2.45) is 0 Å². The van der Waals surface area contributed by atoms with Gasteiger partial charge in [0, 0.05) is 35.7 Å². The number of aromatic nitrogens is 4. The molecule has 4 aromatic rings. The zero-order valence-corrected chi connectivity index (χ0v) is 17.6. The van der Waals surface area contributed by atoms with Crippen LogP contribution in [-0.4, -0.2) is 39.4 Å². The first kappa shape index (κ1) is 20.6. The van der Waals surface area contributed by atoms with Crippen LogP contribution in [0.3, 0.4) is 0 Å². The van der Waals surface area contributed by atoms with Gasteiger partial charge >= 0.3 is 0 Å². The highest BCUT2D eigenvalue weighted by Gasteiger charge is 2.10. The molecule has 31 heavy (non-hydrogen) atoms. The number of anilines is 1. The van der Waals surface area contributed by atoms with E-state index < -0.39 is 0 Å². The number of amides is 1. The van der Waals surface area contributed by atoms with Crippen molar-refractivity contribution in [3.63, 3.8) is 0 Å². The van der Waals surface area contributed by atoms with Gasteiger partial charge in [-0.2, -0.15) is 4.52 Å². The lowest BCUT2D eigenvalue weighted by atomic mass is 10.2. The number of halogens is 1. The molecule has 0 fully saturated rings. The van der Waals surface area contributed by atoms with Gasteiger partial charge in [-0.1, -0.05) is 35.9 Å². The van der Waals surface area contributed by atoms with Crippen LogP contribution in [0.25, 0.3) is 5.65 Å². The Hall–Kier alpha value is -3.65. The number of methoxy groups -OCH3 is 1. The fourth-order valence-corrected chi connectivity index (χ4v) is 3.33. The number of hydrogen-bond donors (Lipinski definition) is 2. The van der Waals surface area contributed by atoms with Crippen LogP contribution < -0.4 is 15.4 Å². The first-order valence-corrected chi connectivity index (χ1v) is 10.1. The van der Waals surface area contributed by atoms with Crippen molar-refractivity contribution in [3.05, 3.63) is 82.6 Å². The summed E-state index contributed by atoms with van der Waals surface area (Å²) in [6.07, 6.45) is 0.483. The summed E-state index contributed by atoms with van der Waals surface area (Å²) in [5.74, 6) is 1.96. The number of fused-ring (bicyclic) bond motifs is 1. The van der Waals surface area contributed by atoms with E-state index >= 15 is 0 Å². The third-order valence-corrected chi connectivity index (χ3v) is 4.94. The fourth-order valence-electron chi connectivity index (χ4n) is 3.14. The Morgan fingerprint density at radius 1 is 1.10 bits per heavy atom. The molecule has 1 amide bonds. The number of carbonyl (C=O) groups is 1. The smallest absolute Gasteiger partial charge is 0.251 e. The van der Waals surface area contributed by atoms with Crippen molar-refractivity contribution in [2.45, 2.75) is 13.0 Å². The van der Waals surface area contributed by atoms with Gasteiger partial charge < -0.3 is 15.4 Å². The number of para-hydroxylation sites is 1. The SMILES string of the molecule is COc1ccccc1CNc1ccc2nnc(CCNC(=O)c3cccc(Cl)c3)n2n1. The maximum atomic E-state index is 12.3. The van der Waals surface area contributed by atoms with Gasteiger partial charge in [0.2, 0.25) is 0 Å². The van der Waals surface area contributed by atoms with E-state index in [1.54, 1.807) is 35.9 Å². The highest BCUT2D eigenvalue weighted by atomic mass is 35.5. The van der Waals surface area contributed by atoms with Gasteiger partial charge in [0.1, 0.15) is 11.6 Å². The summed E-state index contributed by atoms with van der Waals surface area (Å²) in [5.41, 5.74) is 2.18. The second kappa shape index (κ2) is 9.44. The first-order chi connectivity index (χ1) is 15.1.